The Balaban J connectivity index is 1.27. The van der Waals surface area contributed by atoms with Crippen LogP contribution < -0.4 is 5.56 Å². The topological polar surface area (TPSA) is 60.7 Å². The number of hydrogen-bond donors (Lipinski definition) is 0. The van der Waals surface area contributed by atoms with Gasteiger partial charge in [-0.2, -0.15) is 0 Å². The molecule has 27 heavy (non-hydrogen) atoms. The van der Waals surface area contributed by atoms with E-state index < -0.39 is 0 Å². The molecule has 4 aliphatic carbocycles. The summed E-state index contributed by atoms with van der Waals surface area (Å²) in [5, 5.41) is 0. The molecular formula is C22H26N2O3. The third kappa shape index (κ3) is 3.07. The first-order valence-corrected chi connectivity index (χ1v) is 10.1. The summed E-state index contributed by atoms with van der Waals surface area (Å²) in [6, 6.07) is 7.02. The number of ether oxygens (including phenoxy) is 1. The molecule has 0 aliphatic heterocycles. The lowest BCUT2D eigenvalue weighted by Crippen LogP contribution is -2.47. The predicted molar refractivity (Wildman–Crippen MR) is 101 cm³/mol. The van der Waals surface area contributed by atoms with Gasteiger partial charge in [-0.15, -0.1) is 0 Å². The summed E-state index contributed by atoms with van der Waals surface area (Å²) >= 11 is 0. The van der Waals surface area contributed by atoms with E-state index in [9.17, 15) is 9.59 Å². The van der Waals surface area contributed by atoms with E-state index in [-0.39, 0.29) is 23.6 Å². The van der Waals surface area contributed by atoms with Gasteiger partial charge in [0.25, 0.3) is 5.56 Å². The Morgan fingerprint density at radius 3 is 2.52 bits per heavy atom. The Bertz CT molecular complexity index is 926. The van der Waals surface area contributed by atoms with Crippen LogP contribution in [0, 0.1) is 30.1 Å². The third-order valence-corrected chi connectivity index (χ3v) is 7.00. The largest absolute Gasteiger partial charge is 0.459 e. The third-order valence-electron chi connectivity index (χ3n) is 7.00. The summed E-state index contributed by atoms with van der Waals surface area (Å²) in [6.45, 7) is 1.95. The second-order valence-electron chi connectivity index (χ2n) is 9.20. The Labute approximate surface area is 158 Å². The maximum Gasteiger partial charge on any atom is 0.306 e. The van der Waals surface area contributed by atoms with E-state index in [1.165, 1.54) is 44.6 Å². The molecular weight excluding hydrogens is 340 g/mol. The van der Waals surface area contributed by atoms with Gasteiger partial charge in [-0.3, -0.25) is 14.0 Å². The molecule has 0 radical (unpaired) electrons. The highest BCUT2D eigenvalue weighted by Crippen LogP contribution is 2.61. The van der Waals surface area contributed by atoms with Gasteiger partial charge < -0.3 is 4.74 Å². The standard InChI is InChI=1S/C22H26N2O3/c1-14-3-2-4-19-23-18(8-20(25)24(14)19)13-27-21(26)12-22-9-15-5-16(10-22)7-17(6-15)11-22/h2-4,8,15-17H,5-7,9-13H2,1H3. The summed E-state index contributed by atoms with van der Waals surface area (Å²) in [4.78, 5) is 29.4. The van der Waals surface area contributed by atoms with Crippen LogP contribution in [-0.2, 0) is 16.1 Å². The monoisotopic (exact) mass is 366 g/mol. The number of rotatable bonds is 4. The summed E-state index contributed by atoms with van der Waals surface area (Å²) in [6.07, 6.45) is 8.24. The van der Waals surface area contributed by atoms with Crippen LogP contribution in [0.25, 0.3) is 5.65 Å². The van der Waals surface area contributed by atoms with Gasteiger partial charge in [0.2, 0.25) is 0 Å². The average Bonchev–Trinajstić information content (AvgIpc) is 2.58. The van der Waals surface area contributed by atoms with Crippen molar-refractivity contribution in [2.24, 2.45) is 23.2 Å². The minimum absolute atomic E-state index is 0.0743. The zero-order chi connectivity index (χ0) is 18.6. The second kappa shape index (κ2) is 6.18. The number of esters is 1. The molecule has 2 heterocycles. The van der Waals surface area contributed by atoms with E-state index in [0.717, 1.165) is 23.4 Å². The Hall–Kier alpha value is -2.17. The number of aryl methyl sites for hydroxylation is 1. The van der Waals surface area contributed by atoms with E-state index in [1.54, 1.807) is 10.5 Å². The van der Waals surface area contributed by atoms with Crippen LogP contribution >= 0.6 is 0 Å². The van der Waals surface area contributed by atoms with Crippen LogP contribution in [0.2, 0.25) is 0 Å². The number of hydrogen-bond acceptors (Lipinski definition) is 4. The van der Waals surface area contributed by atoms with Crippen LogP contribution in [0.5, 0.6) is 0 Å². The van der Waals surface area contributed by atoms with E-state index >= 15 is 0 Å². The van der Waals surface area contributed by atoms with Gasteiger partial charge in [0.1, 0.15) is 12.3 Å². The van der Waals surface area contributed by atoms with Gasteiger partial charge in [0.05, 0.1) is 12.1 Å². The van der Waals surface area contributed by atoms with Gasteiger partial charge >= 0.3 is 5.97 Å². The quantitative estimate of drug-likeness (QED) is 0.775. The number of nitrogens with zero attached hydrogens (tertiary/aromatic N) is 2. The van der Waals surface area contributed by atoms with Crippen molar-refractivity contribution in [3.8, 4) is 0 Å². The number of carbonyl (C=O) groups excluding carboxylic acids is 1. The lowest BCUT2D eigenvalue weighted by molar-refractivity contribution is -0.153. The molecule has 0 atom stereocenters. The van der Waals surface area contributed by atoms with Crippen molar-refractivity contribution in [2.75, 3.05) is 0 Å². The highest BCUT2D eigenvalue weighted by atomic mass is 16.5. The smallest absolute Gasteiger partial charge is 0.306 e. The van der Waals surface area contributed by atoms with E-state index in [4.69, 9.17) is 4.74 Å². The van der Waals surface area contributed by atoms with Crippen LogP contribution in [0.3, 0.4) is 0 Å². The van der Waals surface area contributed by atoms with Crippen LogP contribution in [0.1, 0.15) is 56.3 Å². The Morgan fingerprint density at radius 1 is 1.19 bits per heavy atom. The lowest BCUT2D eigenvalue weighted by Gasteiger charge is -2.56. The number of fused-ring (bicyclic) bond motifs is 1. The molecule has 4 fully saturated rings. The first-order chi connectivity index (χ1) is 13.0. The molecule has 0 spiro atoms. The van der Waals surface area contributed by atoms with Crippen molar-refractivity contribution >= 4 is 11.6 Å². The van der Waals surface area contributed by atoms with Crippen molar-refractivity contribution in [1.29, 1.82) is 0 Å². The maximum atomic E-state index is 12.6. The molecule has 4 saturated carbocycles. The van der Waals surface area contributed by atoms with Crippen LogP contribution in [-0.4, -0.2) is 15.4 Å². The van der Waals surface area contributed by atoms with Crippen molar-refractivity contribution in [1.82, 2.24) is 9.38 Å². The van der Waals surface area contributed by atoms with E-state index in [1.807, 2.05) is 19.1 Å². The summed E-state index contributed by atoms with van der Waals surface area (Å²) in [7, 11) is 0. The average molecular weight is 366 g/mol. The molecule has 5 nitrogen and oxygen atoms in total. The second-order valence-corrected chi connectivity index (χ2v) is 9.20. The molecule has 142 valence electrons. The van der Waals surface area contributed by atoms with Gasteiger partial charge in [0.15, 0.2) is 0 Å². The number of aromatic nitrogens is 2. The fourth-order valence-corrected chi connectivity index (χ4v) is 6.46. The fourth-order valence-electron chi connectivity index (χ4n) is 6.46. The molecule has 4 bridgehead atoms. The SMILES string of the molecule is Cc1cccc2nc(COC(=O)CC34CC5CC(CC(C5)C3)C4)cc(=O)n12. The first-order valence-electron chi connectivity index (χ1n) is 10.1. The van der Waals surface area contributed by atoms with Gasteiger partial charge in [-0.05, 0) is 80.8 Å². The summed E-state index contributed by atoms with van der Waals surface area (Å²) in [5.74, 6) is 2.35. The van der Waals surface area contributed by atoms with Crippen molar-refractivity contribution < 1.29 is 9.53 Å². The minimum Gasteiger partial charge on any atom is -0.459 e. The number of carbonyl (C=O) groups is 1. The molecule has 0 amide bonds. The molecule has 4 aliphatic rings. The normalized spacial score (nSPS) is 31.4. The van der Waals surface area contributed by atoms with Crippen LogP contribution in [0.4, 0.5) is 0 Å². The van der Waals surface area contributed by atoms with Crippen molar-refractivity contribution in [3.63, 3.8) is 0 Å². The van der Waals surface area contributed by atoms with Crippen LogP contribution in [0.15, 0.2) is 29.1 Å². The van der Waals surface area contributed by atoms with Gasteiger partial charge in [0, 0.05) is 11.8 Å². The molecule has 0 N–H and O–H groups in total. The van der Waals surface area contributed by atoms with E-state index in [2.05, 4.69) is 4.98 Å². The molecule has 5 heteroatoms. The Kier molecular flexibility index (Phi) is 3.88. The summed E-state index contributed by atoms with van der Waals surface area (Å²) in [5.41, 5.74) is 2.00. The molecule has 2 aromatic heterocycles. The molecule has 6 rings (SSSR count). The lowest BCUT2D eigenvalue weighted by atomic mass is 9.49. The predicted octanol–water partition coefficient (Wildman–Crippen LogP) is 3.65. The maximum absolute atomic E-state index is 12.6. The van der Waals surface area contributed by atoms with E-state index in [0.29, 0.717) is 17.8 Å². The van der Waals surface area contributed by atoms with Crippen molar-refractivity contribution in [2.45, 2.75) is 58.5 Å². The first kappa shape index (κ1) is 17.0. The number of pyridine rings is 1. The van der Waals surface area contributed by atoms with Crippen molar-refractivity contribution in [3.05, 3.63) is 46.0 Å². The fraction of sp³-hybridized carbons (Fsp3) is 0.591. The molecule has 0 aromatic carbocycles. The molecule has 0 unspecified atom stereocenters. The highest BCUT2D eigenvalue weighted by Gasteiger charge is 2.51. The Morgan fingerprint density at radius 2 is 1.85 bits per heavy atom. The van der Waals surface area contributed by atoms with Gasteiger partial charge in [-0.1, -0.05) is 6.07 Å². The molecule has 2 aromatic rings. The zero-order valence-corrected chi connectivity index (χ0v) is 15.8. The van der Waals surface area contributed by atoms with Gasteiger partial charge in [-0.25, -0.2) is 4.98 Å². The zero-order valence-electron chi connectivity index (χ0n) is 15.8. The highest BCUT2D eigenvalue weighted by molar-refractivity contribution is 5.70. The molecule has 0 saturated heterocycles. The minimum atomic E-state index is -0.136. The summed E-state index contributed by atoms with van der Waals surface area (Å²) < 4.78 is 7.12.